The Morgan fingerprint density at radius 1 is 1.35 bits per heavy atom. The smallest absolute Gasteiger partial charge is 0.354 e. The van der Waals surface area contributed by atoms with Gasteiger partial charge in [-0.2, -0.15) is 0 Å². The Morgan fingerprint density at radius 3 is 2.82 bits per heavy atom. The fraction of sp³-hybridized carbons (Fsp3) is 0.357. The van der Waals surface area contributed by atoms with Crippen LogP contribution in [0.2, 0.25) is 0 Å². The number of hydrogen-bond donors (Lipinski definition) is 1. The molecular formula is C14H17NO2. The van der Waals surface area contributed by atoms with Crippen molar-refractivity contribution < 1.29 is 9.53 Å². The van der Waals surface area contributed by atoms with Gasteiger partial charge in [-0.1, -0.05) is 32.0 Å². The largest absolute Gasteiger partial charge is 0.461 e. The molecule has 90 valence electrons. The molecule has 1 N–H and O–H groups in total. The number of H-pyrrole nitrogens is 1. The van der Waals surface area contributed by atoms with E-state index < -0.39 is 0 Å². The Labute approximate surface area is 101 Å². The maximum atomic E-state index is 11.7. The SMILES string of the molecule is CC(C)CCOC(=O)c1cc2ccccc2[nH]1. The van der Waals surface area contributed by atoms with Gasteiger partial charge in [0, 0.05) is 10.9 Å². The van der Waals surface area contributed by atoms with Crippen LogP contribution in [0.3, 0.4) is 0 Å². The van der Waals surface area contributed by atoms with Gasteiger partial charge in [0.15, 0.2) is 0 Å². The maximum absolute atomic E-state index is 11.7. The van der Waals surface area contributed by atoms with Gasteiger partial charge < -0.3 is 9.72 Å². The average Bonchev–Trinajstić information content (AvgIpc) is 2.71. The molecule has 0 spiro atoms. The van der Waals surface area contributed by atoms with Gasteiger partial charge in [0.2, 0.25) is 0 Å². The number of aromatic amines is 1. The fourth-order valence-electron chi connectivity index (χ4n) is 1.65. The minimum Gasteiger partial charge on any atom is -0.461 e. The molecule has 1 heterocycles. The first-order chi connectivity index (χ1) is 8.16. The molecule has 0 unspecified atom stereocenters. The molecule has 2 rings (SSSR count). The third kappa shape index (κ3) is 2.87. The summed E-state index contributed by atoms with van der Waals surface area (Å²) >= 11 is 0. The number of benzene rings is 1. The highest BCUT2D eigenvalue weighted by Gasteiger charge is 2.10. The van der Waals surface area contributed by atoms with E-state index in [0.717, 1.165) is 17.3 Å². The zero-order chi connectivity index (χ0) is 12.3. The number of carbonyl (C=O) groups excluding carboxylic acids is 1. The van der Waals surface area contributed by atoms with Crippen LogP contribution in [0.25, 0.3) is 10.9 Å². The van der Waals surface area contributed by atoms with Crippen LogP contribution >= 0.6 is 0 Å². The predicted molar refractivity (Wildman–Crippen MR) is 68.0 cm³/mol. The van der Waals surface area contributed by atoms with Crippen molar-refractivity contribution >= 4 is 16.9 Å². The normalized spacial score (nSPS) is 11.0. The molecule has 0 aliphatic heterocycles. The third-order valence-electron chi connectivity index (χ3n) is 2.68. The minimum absolute atomic E-state index is 0.276. The standard InChI is InChI=1S/C14H17NO2/c1-10(2)7-8-17-14(16)13-9-11-5-3-4-6-12(11)15-13/h3-6,9-10,15H,7-8H2,1-2H3. The zero-order valence-electron chi connectivity index (χ0n) is 10.2. The molecule has 0 aliphatic carbocycles. The van der Waals surface area contributed by atoms with E-state index in [9.17, 15) is 4.79 Å². The Kier molecular flexibility index (Phi) is 3.47. The van der Waals surface area contributed by atoms with Crippen molar-refractivity contribution in [3.05, 3.63) is 36.0 Å². The van der Waals surface area contributed by atoms with E-state index in [-0.39, 0.29) is 5.97 Å². The average molecular weight is 231 g/mol. The van der Waals surface area contributed by atoms with E-state index in [4.69, 9.17) is 4.74 Å². The number of aromatic nitrogens is 1. The van der Waals surface area contributed by atoms with E-state index in [1.54, 1.807) is 0 Å². The summed E-state index contributed by atoms with van der Waals surface area (Å²) in [5, 5.41) is 1.03. The van der Waals surface area contributed by atoms with Gasteiger partial charge in [0.25, 0.3) is 0 Å². The monoisotopic (exact) mass is 231 g/mol. The second kappa shape index (κ2) is 5.04. The molecule has 2 aromatic rings. The first kappa shape index (κ1) is 11.7. The Bertz CT molecular complexity index is 481. The number of ether oxygens (including phenoxy) is 1. The molecule has 17 heavy (non-hydrogen) atoms. The summed E-state index contributed by atoms with van der Waals surface area (Å²) in [6.07, 6.45) is 0.895. The molecule has 0 atom stereocenters. The van der Waals surface area contributed by atoms with Gasteiger partial charge in [0.1, 0.15) is 5.69 Å². The van der Waals surface area contributed by atoms with Crippen LogP contribution < -0.4 is 0 Å². The molecule has 1 aromatic heterocycles. The number of carbonyl (C=O) groups is 1. The molecule has 0 bridgehead atoms. The highest BCUT2D eigenvalue weighted by molar-refractivity contribution is 5.94. The number of para-hydroxylation sites is 1. The van der Waals surface area contributed by atoms with Crippen molar-refractivity contribution in [3.63, 3.8) is 0 Å². The lowest BCUT2D eigenvalue weighted by Gasteiger charge is -2.05. The van der Waals surface area contributed by atoms with Gasteiger partial charge >= 0.3 is 5.97 Å². The van der Waals surface area contributed by atoms with Crippen LogP contribution in [0.15, 0.2) is 30.3 Å². The Balaban J connectivity index is 2.04. The first-order valence-electron chi connectivity index (χ1n) is 5.91. The summed E-state index contributed by atoms with van der Waals surface area (Å²) in [6, 6.07) is 9.63. The van der Waals surface area contributed by atoms with Crippen molar-refractivity contribution in [1.29, 1.82) is 0 Å². The first-order valence-corrected chi connectivity index (χ1v) is 5.91. The lowest BCUT2D eigenvalue weighted by molar-refractivity contribution is 0.0482. The van der Waals surface area contributed by atoms with Crippen LogP contribution in [0.5, 0.6) is 0 Å². The minimum atomic E-state index is -0.276. The van der Waals surface area contributed by atoms with Crippen molar-refractivity contribution in [2.75, 3.05) is 6.61 Å². The van der Waals surface area contributed by atoms with Crippen LogP contribution in [-0.2, 0) is 4.74 Å². The molecule has 0 aliphatic rings. The number of esters is 1. The van der Waals surface area contributed by atoms with Crippen molar-refractivity contribution in [2.24, 2.45) is 5.92 Å². The molecule has 3 heteroatoms. The van der Waals surface area contributed by atoms with E-state index >= 15 is 0 Å². The molecule has 1 aromatic carbocycles. The highest BCUT2D eigenvalue weighted by atomic mass is 16.5. The summed E-state index contributed by atoms with van der Waals surface area (Å²) in [5.74, 6) is 0.271. The molecule has 0 radical (unpaired) electrons. The zero-order valence-corrected chi connectivity index (χ0v) is 10.2. The number of nitrogens with one attached hydrogen (secondary N) is 1. The van der Waals surface area contributed by atoms with Crippen LogP contribution in [0.1, 0.15) is 30.8 Å². The highest BCUT2D eigenvalue weighted by Crippen LogP contribution is 2.15. The van der Waals surface area contributed by atoms with Gasteiger partial charge in [-0.25, -0.2) is 4.79 Å². The summed E-state index contributed by atoms with van der Waals surface area (Å²) < 4.78 is 5.20. The Morgan fingerprint density at radius 2 is 2.12 bits per heavy atom. The summed E-state index contributed by atoms with van der Waals surface area (Å²) in [4.78, 5) is 14.8. The number of fused-ring (bicyclic) bond motifs is 1. The summed E-state index contributed by atoms with van der Waals surface area (Å²) in [7, 11) is 0. The lowest BCUT2D eigenvalue weighted by Crippen LogP contribution is -2.08. The predicted octanol–water partition coefficient (Wildman–Crippen LogP) is 3.37. The van der Waals surface area contributed by atoms with E-state index in [0.29, 0.717) is 18.2 Å². The molecule has 0 fully saturated rings. The number of hydrogen-bond acceptors (Lipinski definition) is 2. The molecule has 0 saturated carbocycles. The Hall–Kier alpha value is -1.77. The van der Waals surface area contributed by atoms with Crippen molar-refractivity contribution in [2.45, 2.75) is 20.3 Å². The fourth-order valence-corrected chi connectivity index (χ4v) is 1.65. The summed E-state index contributed by atoms with van der Waals surface area (Å²) in [6.45, 7) is 4.69. The second-order valence-electron chi connectivity index (χ2n) is 4.59. The van der Waals surface area contributed by atoms with Gasteiger partial charge in [-0.3, -0.25) is 0 Å². The van der Waals surface area contributed by atoms with Crippen molar-refractivity contribution in [3.8, 4) is 0 Å². The maximum Gasteiger partial charge on any atom is 0.354 e. The lowest BCUT2D eigenvalue weighted by atomic mass is 10.1. The molecule has 0 amide bonds. The summed E-state index contributed by atoms with van der Waals surface area (Å²) in [5.41, 5.74) is 1.48. The van der Waals surface area contributed by atoms with Crippen LogP contribution in [0, 0.1) is 5.92 Å². The van der Waals surface area contributed by atoms with E-state index in [2.05, 4.69) is 18.8 Å². The topological polar surface area (TPSA) is 42.1 Å². The second-order valence-corrected chi connectivity index (χ2v) is 4.59. The van der Waals surface area contributed by atoms with Crippen LogP contribution in [0.4, 0.5) is 0 Å². The molecular weight excluding hydrogens is 214 g/mol. The van der Waals surface area contributed by atoms with Gasteiger partial charge in [-0.15, -0.1) is 0 Å². The van der Waals surface area contributed by atoms with E-state index in [1.807, 2.05) is 30.3 Å². The van der Waals surface area contributed by atoms with Crippen molar-refractivity contribution in [1.82, 2.24) is 4.98 Å². The number of rotatable bonds is 4. The third-order valence-corrected chi connectivity index (χ3v) is 2.68. The van der Waals surface area contributed by atoms with E-state index in [1.165, 1.54) is 0 Å². The van der Waals surface area contributed by atoms with Crippen LogP contribution in [-0.4, -0.2) is 17.6 Å². The quantitative estimate of drug-likeness (QED) is 0.820. The van der Waals surface area contributed by atoms with Gasteiger partial charge in [0.05, 0.1) is 6.61 Å². The molecule has 3 nitrogen and oxygen atoms in total. The molecule has 0 saturated heterocycles. The van der Waals surface area contributed by atoms with Gasteiger partial charge in [-0.05, 0) is 24.5 Å².